The van der Waals surface area contributed by atoms with Crippen molar-refractivity contribution in [2.24, 2.45) is 7.05 Å². The van der Waals surface area contributed by atoms with Gasteiger partial charge in [0.2, 0.25) is 11.9 Å². The second kappa shape index (κ2) is 6.78. The number of amides is 1. The van der Waals surface area contributed by atoms with Gasteiger partial charge in [0.05, 0.1) is 6.42 Å². The lowest BCUT2D eigenvalue weighted by atomic mass is 10.1. The molecule has 1 saturated heterocycles. The monoisotopic (exact) mass is 349 g/mol. The van der Waals surface area contributed by atoms with Crippen LogP contribution in [0.25, 0.3) is 10.9 Å². The third kappa shape index (κ3) is 2.92. The van der Waals surface area contributed by atoms with Gasteiger partial charge in [-0.1, -0.05) is 18.2 Å². The molecule has 4 rings (SSSR count). The minimum absolute atomic E-state index is 0.193. The number of nitrogens with zero attached hydrogens (tertiary/aromatic N) is 5. The van der Waals surface area contributed by atoms with Gasteiger partial charge in [-0.3, -0.25) is 4.79 Å². The molecule has 0 N–H and O–H groups in total. The second-order valence-electron chi connectivity index (χ2n) is 6.73. The van der Waals surface area contributed by atoms with E-state index in [9.17, 15) is 4.79 Å². The van der Waals surface area contributed by atoms with Crippen molar-refractivity contribution in [3.8, 4) is 0 Å². The van der Waals surface area contributed by atoms with Gasteiger partial charge in [-0.2, -0.15) is 0 Å². The molecule has 0 bridgehead atoms. The van der Waals surface area contributed by atoms with Gasteiger partial charge in [-0.15, -0.1) is 0 Å². The number of anilines is 1. The predicted molar refractivity (Wildman–Crippen MR) is 102 cm³/mol. The maximum absolute atomic E-state index is 12.9. The molecule has 3 aromatic rings. The number of carbonyl (C=O) groups excluding carboxylic acids is 1. The molecule has 26 heavy (non-hydrogen) atoms. The number of carbonyl (C=O) groups is 1. The zero-order chi connectivity index (χ0) is 18.1. The Hall–Kier alpha value is -2.89. The van der Waals surface area contributed by atoms with Gasteiger partial charge in [-0.25, -0.2) is 9.97 Å². The number of piperazine rings is 1. The third-order valence-electron chi connectivity index (χ3n) is 5.33. The molecule has 6 heteroatoms. The number of benzene rings is 1. The highest BCUT2D eigenvalue weighted by Gasteiger charge is 2.24. The Bertz CT molecular complexity index is 926. The Labute approximate surface area is 153 Å². The number of aromatic nitrogens is 3. The van der Waals surface area contributed by atoms with Gasteiger partial charge in [-0.05, 0) is 24.6 Å². The van der Waals surface area contributed by atoms with Crippen molar-refractivity contribution in [1.29, 1.82) is 0 Å². The number of aryl methyl sites for hydroxylation is 1. The Morgan fingerprint density at radius 1 is 1.04 bits per heavy atom. The topological polar surface area (TPSA) is 54.3 Å². The molecule has 1 aliphatic heterocycles. The van der Waals surface area contributed by atoms with Crippen LogP contribution in [0.5, 0.6) is 0 Å². The lowest BCUT2D eigenvalue weighted by Gasteiger charge is -2.34. The second-order valence-corrected chi connectivity index (χ2v) is 6.73. The maximum atomic E-state index is 12.9. The fourth-order valence-electron chi connectivity index (χ4n) is 3.70. The summed E-state index contributed by atoms with van der Waals surface area (Å²) in [5.41, 5.74) is 3.48. The van der Waals surface area contributed by atoms with E-state index in [2.05, 4.69) is 45.5 Å². The number of para-hydroxylation sites is 1. The van der Waals surface area contributed by atoms with E-state index in [0.717, 1.165) is 30.3 Å². The van der Waals surface area contributed by atoms with Crippen molar-refractivity contribution in [3.63, 3.8) is 0 Å². The van der Waals surface area contributed by atoms with Crippen LogP contribution in [0, 0.1) is 6.92 Å². The third-order valence-corrected chi connectivity index (χ3v) is 5.33. The summed E-state index contributed by atoms with van der Waals surface area (Å²) in [5.74, 6) is 0.933. The first kappa shape index (κ1) is 16.6. The van der Waals surface area contributed by atoms with E-state index < -0.39 is 0 Å². The van der Waals surface area contributed by atoms with Gasteiger partial charge < -0.3 is 14.4 Å². The van der Waals surface area contributed by atoms with Crippen molar-refractivity contribution >= 4 is 22.8 Å². The number of hydrogen-bond donors (Lipinski definition) is 0. The van der Waals surface area contributed by atoms with E-state index in [1.807, 2.05) is 23.1 Å². The summed E-state index contributed by atoms with van der Waals surface area (Å²) in [5, 5.41) is 1.18. The highest BCUT2D eigenvalue weighted by molar-refractivity contribution is 5.90. The van der Waals surface area contributed by atoms with Crippen molar-refractivity contribution < 1.29 is 4.79 Å². The minimum Gasteiger partial charge on any atom is -0.348 e. The first-order valence-corrected chi connectivity index (χ1v) is 8.98. The van der Waals surface area contributed by atoms with Crippen molar-refractivity contribution in [2.45, 2.75) is 13.3 Å². The number of fused-ring (bicyclic) bond motifs is 1. The Balaban J connectivity index is 1.46. The highest BCUT2D eigenvalue weighted by atomic mass is 16.2. The summed E-state index contributed by atoms with van der Waals surface area (Å²) in [7, 11) is 2.06. The molecule has 0 aliphatic carbocycles. The molecule has 1 aromatic carbocycles. The minimum atomic E-state index is 0.193. The number of hydrogen-bond acceptors (Lipinski definition) is 4. The smallest absolute Gasteiger partial charge is 0.227 e. The average molecular weight is 349 g/mol. The standard InChI is InChI=1S/C20H23N5O/c1-15-17(16-6-3-4-7-18(16)23(15)2)14-19(26)24-10-12-25(13-11-24)20-21-8-5-9-22-20/h3-9H,10-14H2,1-2H3. The van der Waals surface area contributed by atoms with Gasteiger partial charge >= 0.3 is 0 Å². The Morgan fingerprint density at radius 2 is 1.73 bits per heavy atom. The van der Waals surface area contributed by atoms with Gasteiger partial charge in [0.1, 0.15) is 0 Å². The quantitative estimate of drug-likeness (QED) is 0.727. The first-order valence-electron chi connectivity index (χ1n) is 8.98. The molecular formula is C20H23N5O. The summed E-state index contributed by atoms with van der Waals surface area (Å²) < 4.78 is 2.17. The summed E-state index contributed by atoms with van der Waals surface area (Å²) in [6.45, 7) is 5.05. The van der Waals surface area contributed by atoms with Crippen LogP contribution < -0.4 is 4.90 Å². The molecule has 1 amide bonds. The van der Waals surface area contributed by atoms with E-state index in [0.29, 0.717) is 19.5 Å². The van der Waals surface area contributed by atoms with Crippen molar-refractivity contribution in [3.05, 3.63) is 54.0 Å². The summed E-state index contributed by atoms with van der Waals surface area (Å²) in [6, 6.07) is 10.1. The van der Waals surface area contributed by atoms with Gasteiger partial charge in [0.15, 0.2) is 0 Å². The van der Waals surface area contributed by atoms with E-state index in [4.69, 9.17) is 0 Å². The molecule has 134 valence electrons. The lowest BCUT2D eigenvalue weighted by molar-refractivity contribution is -0.130. The zero-order valence-corrected chi connectivity index (χ0v) is 15.2. The van der Waals surface area contributed by atoms with E-state index >= 15 is 0 Å². The first-order chi connectivity index (χ1) is 12.6. The predicted octanol–water partition coefficient (Wildman–Crippen LogP) is 2.17. The van der Waals surface area contributed by atoms with Crippen LogP contribution in [0.15, 0.2) is 42.7 Å². The van der Waals surface area contributed by atoms with Crippen molar-refractivity contribution in [1.82, 2.24) is 19.4 Å². The molecule has 1 aliphatic rings. The SMILES string of the molecule is Cc1c(CC(=O)N2CCN(c3ncccn3)CC2)c2ccccc2n1C. The largest absolute Gasteiger partial charge is 0.348 e. The lowest BCUT2D eigenvalue weighted by Crippen LogP contribution is -2.49. The van der Waals surface area contributed by atoms with Crippen LogP contribution in [0.3, 0.4) is 0 Å². The van der Waals surface area contributed by atoms with Crippen LogP contribution >= 0.6 is 0 Å². The maximum Gasteiger partial charge on any atom is 0.227 e. The van der Waals surface area contributed by atoms with E-state index in [-0.39, 0.29) is 5.91 Å². The molecular weight excluding hydrogens is 326 g/mol. The van der Waals surface area contributed by atoms with Crippen LogP contribution in [0.2, 0.25) is 0 Å². The fourth-order valence-corrected chi connectivity index (χ4v) is 3.70. The van der Waals surface area contributed by atoms with Gasteiger partial charge in [0, 0.05) is 62.2 Å². The van der Waals surface area contributed by atoms with E-state index in [1.165, 1.54) is 10.9 Å². The molecule has 3 heterocycles. The molecule has 6 nitrogen and oxygen atoms in total. The molecule has 1 fully saturated rings. The van der Waals surface area contributed by atoms with Gasteiger partial charge in [0.25, 0.3) is 0 Å². The highest BCUT2D eigenvalue weighted by Crippen LogP contribution is 2.25. The normalized spacial score (nSPS) is 14.8. The Kier molecular flexibility index (Phi) is 4.32. The molecule has 0 unspecified atom stereocenters. The summed E-state index contributed by atoms with van der Waals surface area (Å²) in [6.07, 6.45) is 3.96. The molecule has 0 saturated carbocycles. The van der Waals surface area contributed by atoms with Crippen LogP contribution in [-0.2, 0) is 18.3 Å². The Morgan fingerprint density at radius 3 is 2.46 bits per heavy atom. The molecule has 2 aromatic heterocycles. The average Bonchev–Trinajstić information content (AvgIpc) is 2.94. The molecule has 0 radical (unpaired) electrons. The molecule has 0 spiro atoms. The van der Waals surface area contributed by atoms with Crippen LogP contribution in [-0.4, -0.2) is 51.5 Å². The molecule has 0 atom stereocenters. The van der Waals surface area contributed by atoms with E-state index in [1.54, 1.807) is 12.4 Å². The van der Waals surface area contributed by atoms with Crippen LogP contribution in [0.4, 0.5) is 5.95 Å². The van der Waals surface area contributed by atoms with Crippen LogP contribution in [0.1, 0.15) is 11.3 Å². The zero-order valence-electron chi connectivity index (χ0n) is 15.2. The summed E-state index contributed by atoms with van der Waals surface area (Å²) in [4.78, 5) is 25.6. The van der Waals surface area contributed by atoms with Crippen molar-refractivity contribution in [2.75, 3.05) is 31.1 Å². The summed E-state index contributed by atoms with van der Waals surface area (Å²) >= 11 is 0. The number of rotatable bonds is 3. The fraction of sp³-hybridized carbons (Fsp3) is 0.350.